The van der Waals surface area contributed by atoms with Gasteiger partial charge in [0, 0.05) is 13.2 Å². The molecule has 1 fully saturated rings. The summed E-state index contributed by atoms with van der Waals surface area (Å²) < 4.78 is 11.0. The molecule has 1 aromatic carbocycles. The summed E-state index contributed by atoms with van der Waals surface area (Å²) in [5.74, 6) is 0. The van der Waals surface area contributed by atoms with Gasteiger partial charge in [0.15, 0.2) is 0 Å². The molecule has 0 spiro atoms. The van der Waals surface area contributed by atoms with Gasteiger partial charge in [0.1, 0.15) is 0 Å². The van der Waals surface area contributed by atoms with Crippen LogP contribution in [0.1, 0.15) is 18.4 Å². The van der Waals surface area contributed by atoms with E-state index in [4.69, 9.17) is 9.47 Å². The third-order valence-corrected chi connectivity index (χ3v) is 2.37. The molecule has 1 aliphatic rings. The van der Waals surface area contributed by atoms with Gasteiger partial charge >= 0.3 is 30.0 Å². The fourth-order valence-electron chi connectivity index (χ4n) is 1.60. The topological polar surface area (TPSA) is 18.5 Å². The molecule has 1 aromatic rings. The number of benzene rings is 1. The summed E-state index contributed by atoms with van der Waals surface area (Å²) in [5, 5.41) is 0. The molecule has 2 nitrogen and oxygen atoms in total. The van der Waals surface area contributed by atoms with Gasteiger partial charge < -0.3 is 9.47 Å². The van der Waals surface area contributed by atoms with Crippen LogP contribution in [0.5, 0.6) is 0 Å². The van der Waals surface area contributed by atoms with Crippen LogP contribution >= 0.6 is 13.6 Å². The van der Waals surface area contributed by atoms with Crippen LogP contribution in [0.15, 0.2) is 24.3 Å². The molecule has 1 aliphatic heterocycles. The van der Waals surface area contributed by atoms with E-state index in [0.717, 1.165) is 19.6 Å². The first kappa shape index (κ1) is 14.3. The summed E-state index contributed by atoms with van der Waals surface area (Å²) in [7, 11) is 0. The van der Waals surface area contributed by atoms with Gasteiger partial charge in [-0.05, 0) is 12.8 Å². The molecular formula is C12H15BrO2Zn. The minimum atomic E-state index is 0.322. The van der Waals surface area contributed by atoms with Crippen LogP contribution in [0, 0.1) is 6.07 Å². The Morgan fingerprint density at radius 1 is 1.56 bits per heavy atom. The average Bonchev–Trinajstić information content (AvgIpc) is 2.86. The van der Waals surface area contributed by atoms with E-state index in [1.807, 2.05) is 24.3 Å². The smallest absolute Gasteiger partial charge is 0.0808 e. The van der Waals surface area contributed by atoms with Crippen molar-refractivity contribution in [1.82, 2.24) is 0 Å². The molecular weight excluding hydrogens is 321 g/mol. The van der Waals surface area contributed by atoms with Crippen molar-refractivity contribution in [2.24, 2.45) is 0 Å². The quantitative estimate of drug-likeness (QED) is 0.621. The van der Waals surface area contributed by atoms with E-state index in [1.54, 1.807) is 0 Å². The van der Waals surface area contributed by atoms with Crippen LogP contribution in [0.3, 0.4) is 0 Å². The van der Waals surface area contributed by atoms with Gasteiger partial charge in [-0.25, -0.2) is 0 Å². The summed E-state index contributed by atoms with van der Waals surface area (Å²) in [4.78, 5) is 0. The van der Waals surface area contributed by atoms with E-state index >= 15 is 0 Å². The van der Waals surface area contributed by atoms with Gasteiger partial charge in [0.05, 0.1) is 12.7 Å². The van der Waals surface area contributed by atoms with Crippen molar-refractivity contribution in [3.8, 4) is 0 Å². The van der Waals surface area contributed by atoms with E-state index in [-0.39, 0.29) is 0 Å². The second kappa shape index (κ2) is 9.29. The molecule has 1 saturated heterocycles. The number of halogens is 1. The Labute approximate surface area is 114 Å². The molecule has 0 saturated carbocycles. The van der Waals surface area contributed by atoms with E-state index in [1.165, 1.54) is 28.3 Å². The maximum atomic E-state index is 5.56. The van der Waals surface area contributed by atoms with Crippen molar-refractivity contribution in [3.63, 3.8) is 0 Å². The SMILES string of the molecule is [Zn+][Br].[c-]1cccc(COCC2CCCO2)c1. The minimum absolute atomic E-state index is 0.322. The molecule has 0 radical (unpaired) electrons. The monoisotopic (exact) mass is 334 g/mol. The summed E-state index contributed by atoms with van der Waals surface area (Å²) in [6, 6.07) is 10.9. The van der Waals surface area contributed by atoms with Crippen molar-refractivity contribution in [3.05, 3.63) is 35.9 Å². The van der Waals surface area contributed by atoms with Crippen molar-refractivity contribution < 1.29 is 25.8 Å². The zero-order valence-electron chi connectivity index (χ0n) is 9.32. The number of hydrogen-bond donors (Lipinski definition) is 0. The Balaban J connectivity index is 0.000000606. The molecule has 1 heterocycles. The average molecular weight is 337 g/mol. The van der Waals surface area contributed by atoms with E-state index in [2.05, 4.69) is 19.7 Å². The van der Waals surface area contributed by atoms with Crippen molar-refractivity contribution in [1.29, 1.82) is 0 Å². The van der Waals surface area contributed by atoms with Crippen molar-refractivity contribution in [2.75, 3.05) is 13.2 Å². The standard InChI is InChI=1S/C12H15O2.BrH.Zn/c1-2-5-11(6-3-1)9-13-10-12-7-4-8-14-12;;/h1-2,5-6,12H,4,7-10H2;1H;/q-1;;+2/p-1. The molecule has 4 heteroatoms. The van der Waals surface area contributed by atoms with Gasteiger partial charge in [-0.3, -0.25) is 0 Å². The predicted molar refractivity (Wildman–Crippen MR) is 62.8 cm³/mol. The Bertz CT molecular complexity index is 263. The minimum Gasteiger partial charge on any atom is -0.386 e. The van der Waals surface area contributed by atoms with Crippen LogP contribution in [-0.2, 0) is 32.4 Å². The largest absolute Gasteiger partial charge is 0.386 e. The Hall–Kier alpha value is 0.243. The Kier molecular flexibility index (Phi) is 8.31. The summed E-state index contributed by atoms with van der Waals surface area (Å²) in [5.41, 5.74) is 1.17. The summed E-state index contributed by atoms with van der Waals surface area (Å²) >= 11 is 4.25. The normalized spacial score (nSPS) is 19.1. The second-order valence-electron chi connectivity index (χ2n) is 3.56. The number of hydrogen-bond acceptors (Lipinski definition) is 2. The van der Waals surface area contributed by atoms with Crippen LogP contribution in [0.4, 0.5) is 0 Å². The van der Waals surface area contributed by atoms with Crippen LogP contribution in [0.2, 0.25) is 0 Å². The first-order chi connectivity index (χ1) is 7.95. The maximum absolute atomic E-state index is 5.56. The molecule has 0 aromatic heterocycles. The first-order valence-corrected chi connectivity index (χ1v) is 12.3. The third kappa shape index (κ3) is 5.54. The first-order valence-electron chi connectivity index (χ1n) is 5.36. The molecule has 1 atom stereocenters. The summed E-state index contributed by atoms with van der Waals surface area (Å²) in [6.07, 6.45) is 2.64. The fraction of sp³-hybridized carbons (Fsp3) is 0.500. The predicted octanol–water partition coefficient (Wildman–Crippen LogP) is 3.03. The van der Waals surface area contributed by atoms with E-state index in [9.17, 15) is 0 Å². The Morgan fingerprint density at radius 2 is 2.44 bits per heavy atom. The van der Waals surface area contributed by atoms with Gasteiger partial charge in [-0.15, -0.1) is 5.56 Å². The van der Waals surface area contributed by atoms with Crippen LogP contribution in [-0.4, -0.2) is 19.3 Å². The zero-order valence-corrected chi connectivity index (χ0v) is 13.9. The molecule has 2 rings (SSSR count). The van der Waals surface area contributed by atoms with Crippen molar-refractivity contribution in [2.45, 2.75) is 25.6 Å². The number of ether oxygens (including phenoxy) is 2. The number of rotatable bonds is 4. The third-order valence-electron chi connectivity index (χ3n) is 2.37. The zero-order chi connectivity index (χ0) is 11.6. The molecule has 0 bridgehead atoms. The van der Waals surface area contributed by atoms with E-state index in [0.29, 0.717) is 12.7 Å². The molecule has 84 valence electrons. The molecule has 16 heavy (non-hydrogen) atoms. The molecule has 0 aliphatic carbocycles. The van der Waals surface area contributed by atoms with Crippen LogP contribution in [0.25, 0.3) is 0 Å². The van der Waals surface area contributed by atoms with Crippen molar-refractivity contribution >= 4 is 13.6 Å². The van der Waals surface area contributed by atoms with Gasteiger partial charge in [-0.1, -0.05) is 0 Å². The molecule has 0 amide bonds. The van der Waals surface area contributed by atoms with Gasteiger partial charge in [0.25, 0.3) is 0 Å². The molecule has 0 N–H and O–H groups in total. The fourth-order valence-corrected chi connectivity index (χ4v) is 1.60. The molecule has 1 unspecified atom stereocenters. The second-order valence-corrected chi connectivity index (χ2v) is 3.56. The van der Waals surface area contributed by atoms with Gasteiger partial charge in [-0.2, -0.15) is 30.3 Å². The Morgan fingerprint density at radius 3 is 3.06 bits per heavy atom. The van der Waals surface area contributed by atoms with Crippen LogP contribution < -0.4 is 0 Å². The maximum Gasteiger partial charge on any atom is 0.0808 e. The van der Waals surface area contributed by atoms with Gasteiger partial charge in [0.2, 0.25) is 0 Å². The summed E-state index contributed by atoms with van der Waals surface area (Å²) in [6.45, 7) is 2.28. The van der Waals surface area contributed by atoms with E-state index < -0.39 is 0 Å².